The smallest absolute Gasteiger partial charge is 0.306 e. The lowest BCUT2D eigenvalue weighted by Crippen LogP contribution is -2.23. The monoisotopic (exact) mass is 344 g/mol. The average molecular weight is 344 g/mol. The molecule has 2 amide bonds. The third kappa shape index (κ3) is 4.81. The molecule has 0 unspecified atom stereocenters. The number of nitrogens with one attached hydrogen (secondary N) is 2. The SMILES string of the molecule is CC(=O)Nc1ccc(NC(=O)COC(=O)C[C@@H]2C[C@H]3CC[C@@H]2C3)cc1. The zero-order valence-electron chi connectivity index (χ0n) is 14.4. The van der Waals surface area contributed by atoms with Gasteiger partial charge < -0.3 is 15.4 Å². The zero-order chi connectivity index (χ0) is 17.8. The van der Waals surface area contributed by atoms with Gasteiger partial charge in [-0.3, -0.25) is 14.4 Å². The summed E-state index contributed by atoms with van der Waals surface area (Å²) in [6.07, 6.45) is 5.36. The van der Waals surface area contributed by atoms with Crippen molar-refractivity contribution in [3.05, 3.63) is 24.3 Å². The molecule has 3 atom stereocenters. The number of hydrogen-bond acceptors (Lipinski definition) is 4. The van der Waals surface area contributed by atoms with E-state index < -0.39 is 0 Å². The van der Waals surface area contributed by atoms with Crippen LogP contribution in [0.25, 0.3) is 0 Å². The van der Waals surface area contributed by atoms with Gasteiger partial charge in [0.05, 0.1) is 0 Å². The lowest BCUT2D eigenvalue weighted by atomic mass is 9.86. The van der Waals surface area contributed by atoms with E-state index >= 15 is 0 Å². The molecule has 1 aromatic carbocycles. The first-order valence-corrected chi connectivity index (χ1v) is 8.82. The van der Waals surface area contributed by atoms with Crippen LogP contribution in [0, 0.1) is 17.8 Å². The van der Waals surface area contributed by atoms with Crippen LogP contribution in [0.5, 0.6) is 0 Å². The summed E-state index contributed by atoms with van der Waals surface area (Å²) in [5.41, 5.74) is 1.24. The highest BCUT2D eigenvalue weighted by molar-refractivity contribution is 5.93. The fraction of sp³-hybridized carbons (Fsp3) is 0.526. The zero-order valence-corrected chi connectivity index (χ0v) is 14.4. The molecule has 0 aliphatic heterocycles. The molecule has 0 radical (unpaired) electrons. The fourth-order valence-corrected chi connectivity index (χ4v) is 4.08. The minimum absolute atomic E-state index is 0.154. The van der Waals surface area contributed by atoms with Gasteiger partial charge >= 0.3 is 5.97 Å². The van der Waals surface area contributed by atoms with Crippen molar-refractivity contribution in [1.29, 1.82) is 0 Å². The second kappa shape index (κ2) is 7.68. The van der Waals surface area contributed by atoms with Crippen molar-refractivity contribution in [2.24, 2.45) is 17.8 Å². The van der Waals surface area contributed by atoms with E-state index in [1.807, 2.05) is 0 Å². The normalized spacial score (nSPS) is 24.0. The van der Waals surface area contributed by atoms with Crippen LogP contribution < -0.4 is 10.6 Å². The third-order valence-corrected chi connectivity index (χ3v) is 5.17. The maximum Gasteiger partial charge on any atom is 0.306 e. The predicted molar refractivity (Wildman–Crippen MR) is 93.9 cm³/mol. The van der Waals surface area contributed by atoms with Gasteiger partial charge in [0.2, 0.25) is 5.91 Å². The molecule has 0 saturated heterocycles. The topological polar surface area (TPSA) is 84.5 Å². The first-order chi connectivity index (χ1) is 12.0. The number of amides is 2. The van der Waals surface area contributed by atoms with Crippen molar-refractivity contribution in [3.8, 4) is 0 Å². The van der Waals surface area contributed by atoms with Crippen molar-refractivity contribution in [2.45, 2.75) is 39.0 Å². The first-order valence-electron chi connectivity index (χ1n) is 8.82. The molecule has 2 N–H and O–H groups in total. The van der Waals surface area contributed by atoms with Gasteiger partial charge in [-0.1, -0.05) is 6.42 Å². The molecule has 6 nitrogen and oxygen atoms in total. The van der Waals surface area contributed by atoms with E-state index in [-0.39, 0.29) is 24.4 Å². The van der Waals surface area contributed by atoms with Gasteiger partial charge in [-0.05, 0) is 61.3 Å². The van der Waals surface area contributed by atoms with Gasteiger partial charge in [0.15, 0.2) is 6.61 Å². The molecule has 3 rings (SSSR count). The maximum atomic E-state index is 11.9. The van der Waals surface area contributed by atoms with Crippen molar-refractivity contribution in [2.75, 3.05) is 17.2 Å². The molecule has 6 heteroatoms. The molecule has 0 spiro atoms. The Morgan fingerprint density at radius 1 is 1.04 bits per heavy atom. The molecular formula is C19H24N2O4. The van der Waals surface area contributed by atoms with E-state index in [9.17, 15) is 14.4 Å². The molecular weight excluding hydrogens is 320 g/mol. The molecule has 1 aromatic rings. The van der Waals surface area contributed by atoms with E-state index in [1.54, 1.807) is 24.3 Å². The van der Waals surface area contributed by atoms with Crippen molar-refractivity contribution in [1.82, 2.24) is 0 Å². The van der Waals surface area contributed by atoms with Gasteiger partial charge in [0, 0.05) is 24.7 Å². The van der Waals surface area contributed by atoms with Crippen LogP contribution in [0.1, 0.15) is 39.0 Å². The van der Waals surface area contributed by atoms with E-state index in [4.69, 9.17) is 4.74 Å². The second-order valence-electron chi connectivity index (χ2n) is 7.11. The number of hydrogen-bond donors (Lipinski definition) is 2. The largest absolute Gasteiger partial charge is 0.456 e. The number of anilines is 2. The summed E-state index contributed by atoms with van der Waals surface area (Å²) < 4.78 is 5.11. The van der Waals surface area contributed by atoms with Crippen molar-refractivity contribution in [3.63, 3.8) is 0 Å². The molecule has 0 heterocycles. The third-order valence-electron chi connectivity index (χ3n) is 5.17. The Morgan fingerprint density at radius 2 is 1.72 bits per heavy atom. The van der Waals surface area contributed by atoms with E-state index in [0.717, 1.165) is 12.3 Å². The Hall–Kier alpha value is -2.37. The number of benzene rings is 1. The molecule has 0 aromatic heterocycles. The fourth-order valence-electron chi connectivity index (χ4n) is 4.08. The van der Waals surface area contributed by atoms with Gasteiger partial charge in [-0.15, -0.1) is 0 Å². The Morgan fingerprint density at radius 3 is 2.28 bits per heavy atom. The van der Waals surface area contributed by atoms with Gasteiger partial charge in [-0.2, -0.15) is 0 Å². The van der Waals surface area contributed by atoms with Crippen LogP contribution in [0.15, 0.2) is 24.3 Å². The Balaban J connectivity index is 1.38. The lowest BCUT2D eigenvalue weighted by molar-refractivity contribution is -0.148. The number of rotatable bonds is 6. The summed E-state index contributed by atoms with van der Waals surface area (Å²) in [6.45, 7) is 1.16. The lowest BCUT2D eigenvalue weighted by Gasteiger charge is -2.20. The minimum Gasteiger partial charge on any atom is -0.456 e. The highest BCUT2D eigenvalue weighted by Gasteiger charge is 2.40. The van der Waals surface area contributed by atoms with E-state index in [0.29, 0.717) is 29.6 Å². The second-order valence-corrected chi connectivity index (χ2v) is 7.11. The average Bonchev–Trinajstić information content (AvgIpc) is 3.17. The quantitative estimate of drug-likeness (QED) is 0.777. The van der Waals surface area contributed by atoms with Crippen LogP contribution in [0.4, 0.5) is 11.4 Å². The Labute approximate surface area is 147 Å². The number of carbonyl (C=O) groups is 3. The number of carbonyl (C=O) groups excluding carboxylic acids is 3. The van der Waals surface area contributed by atoms with Crippen LogP contribution in [0.3, 0.4) is 0 Å². The number of fused-ring (bicyclic) bond motifs is 2. The summed E-state index contributed by atoms with van der Waals surface area (Å²) in [4.78, 5) is 34.8. The van der Waals surface area contributed by atoms with E-state index in [1.165, 1.54) is 26.2 Å². The predicted octanol–water partition coefficient (Wildman–Crippen LogP) is 2.95. The molecule has 2 aliphatic rings. The first kappa shape index (κ1) is 17.5. The Kier molecular flexibility index (Phi) is 5.36. The summed E-state index contributed by atoms with van der Waals surface area (Å²) in [6, 6.07) is 6.75. The summed E-state index contributed by atoms with van der Waals surface area (Å²) >= 11 is 0. The van der Waals surface area contributed by atoms with Gasteiger partial charge in [-0.25, -0.2) is 0 Å². The van der Waals surface area contributed by atoms with Crippen LogP contribution in [0.2, 0.25) is 0 Å². The molecule has 2 bridgehead atoms. The van der Waals surface area contributed by atoms with Crippen molar-refractivity contribution >= 4 is 29.2 Å². The number of ether oxygens (including phenoxy) is 1. The standard InChI is InChI=1S/C19H24N2O4/c1-12(22)20-16-4-6-17(7-5-16)21-18(23)11-25-19(24)10-15-9-13-2-3-14(15)8-13/h4-7,13-15H,2-3,8-11H2,1H3,(H,20,22)(H,21,23)/t13-,14+,15-/m0/s1. The van der Waals surface area contributed by atoms with Crippen molar-refractivity contribution < 1.29 is 19.1 Å². The molecule has 2 fully saturated rings. The minimum atomic E-state index is -0.367. The van der Waals surface area contributed by atoms with E-state index in [2.05, 4.69) is 10.6 Å². The number of esters is 1. The molecule has 2 saturated carbocycles. The van der Waals surface area contributed by atoms with Crippen LogP contribution >= 0.6 is 0 Å². The Bertz CT molecular complexity index is 656. The summed E-state index contributed by atoms with van der Waals surface area (Å²) in [7, 11) is 0. The molecule has 25 heavy (non-hydrogen) atoms. The molecule has 2 aliphatic carbocycles. The summed E-state index contributed by atoms with van der Waals surface area (Å²) in [5.74, 6) is 1.11. The van der Waals surface area contributed by atoms with Gasteiger partial charge in [0.25, 0.3) is 5.91 Å². The highest BCUT2D eigenvalue weighted by atomic mass is 16.5. The highest BCUT2D eigenvalue weighted by Crippen LogP contribution is 2.49. The van der Waals surface area contributed by atoms with Crippen LogP contribution in [-0.2, 0) is 19.1 Å². The summed E-state index contributed by atoms with van der Waals surface area (Å²) in [5, 5.41) is 5.32. The van der Waals surface area contributed by atoms with Crippen LogP contribution in [-0.4, -0.2) is 24.4 Å². The molecule has 134 valence electrons. The van der Waals surface area contributed by atoms with Gasteiger partial charge in [0.1, 0.15) is 0 Å². The maximum absolute atomic E-state index is 11.9.